The zero-order valence-corrected chi connectivity index (χ0v) is 21.3. The van der Waals surface area contributed by atoms with Gasteiger partial charge in [-0.25, -0.2) is 43.9 Å². The smallest absolute Gasteiger partial charge is 0.288 e. The molecule has 1 saturated carbocycles. The molecular weight excluding hydrogens is 555 g/mol. The van der Waals surface area contributed by atoms with E-state index >= 15 is 17.6 Å². The van der Waals surface area contributed by atoms with E-state index in [1.165, 1.54) is 6.08 Å². The Labute approximate surface area is 223 Å². The minimum absolute atomic E-state index is 0.113. The van der Waals surface area contributed by atoms with Crippen LogP contribution in [0.3, 0.4) is 0 Å². The van der Waals surface area contributed by atoms with Crippen molar-refractivity contribution in [2.75, 3.05) is 26.3 Å². The highest BCUT2D eigenvalue weighted by molar-refractivity contribution is 7.00. The third-order valence-corrected chi connectivity index (χ3v) is 10.5. The number of hydrogen-bond acceptors (Lipinski definition) is 1. The molecule has 0 unspecified atom stereocenters. The van der Waals surface area contributed by atoms with Crippen LogP contribution in [0.4, 0.5) is 43.9 Å². The van der Waals surface area contributed by atoms with Gasteiger partial charge in [0.25, 0.3) is 6.28 Å². The number of nitrogens with zero attached hydrogens (tertiary/aromatic N) is 1. The summed E-state index contributed by atoms with van der Waals surface area (Å²) in [5.41, 5.74) is -3.43. The van der Waals surface area contributed by atoms with E-state index in [0.29, 0.717) is 31.3 Å². The van der Waals surface area contributed by atoms with E-state index in [1.807, 2.05) is 0 Å². The third-order valence-electron chi connectivity index (χ3n) is 10.5. The van der Waals surface area contributed by atoms with Crippen molar-refractivity contribution in [3.05, 3.63) is 69.8 Å². The van der Waals surface area contributed by atoms with Gasteiger partial charge in [0, 0.05) is 11.5 Å². The Hall–Kier alpha value is -2.54. The number of rotatable bonds is 2. The summed E-state index contributed by atoms with van der Waals surface area (Å²) < 4.78 is 156. The van der Waals surface area contributed by atoms with E-state index < -0.39 is 91.1 Å². The number of ether oxygens (including phenoxy) is 1. The first-order valence-corrected chi connectivity index (χ1v) is 13.2. The monoisotopic (exact) mass is 579 g/mol. The molecule has 2 aromatic rings. The molecule has 2 heterocycles. The molecule has 2 saturated heterocycles. The average Bonchev–Trinajstić information content (AvgIpc) is 2.96. The summed E-state index contributed by atoms with van der Waals surface area (Å²) in [4.78, 5) is 0. The van der Waals surface area contributed by atoms with E-state index in [-0.39, 0.29) is 32.2 Å². The lowest BCUT2D eigenvalue weighted by Gasteiger charge is -2.87. The highest BCUT2D eigenvalue weighted by atomic mass is 19.2. The molecule has 2 aliphatic heterocycles. The van der Waals surface area contributed by atoms with Crippen LogP contribution in [0.2, 0.25) is 5.82 Å². The van der Waals surface area contributed by atoms with Gasteiger partial charge >= 0.3 is 0 Å². The van der Waals surface area contributed by atoms with E-state index in [4.69, 9.17) is 4.74 Å². The molecule has 2 aromatic carbocycles. The molecule has 13 heteroatoms. The Morgan fingerprint density at radius 3 is 1.62 bits per heavy atom. The van der Waals surface area contributed by atoms with Crippen LogP contribution in [0, 0.1) is 64.1 Å². The minimum Gasteiger partial charge on any atom is -0.500 e. The largest absolute Gasteiger partial charge is 0.500 e. The van der Waals surface area contributed by atoms with Crippen molar-refractivity contribution in [1.82, 2.24) is 0 Å². The van der Waals surface area contributed by atoms with Gasteiger partial charge in [0.1, 0.15) is 23.3 Å². The van der Waals surface area contributed by atoms with Crippen molar-refractivity contribution in [3.8, 4) is 0 Å². The van der Waals surface area contributed by atoms with Crippen LogP contribution < -0.4 is 10.9 Å². The number of quaternary nitrogens is 1. The second-order valence-electron chi connectivity index (χ2n) is 11.6. The first-order chi connectivity index (χ1) is 18.9. The van der Waals surface area contributed by atoms with Gasteiger partial charge in [-0.1, -0.05) is 22.9 Å². The Morgan fingerprint density at radius 2 is 1.15 bits per heavy atom. The van der Waals surface area contributed by atoms with Crippen LogP contribution in [0.1, 0.15) is 39.0 Å². The molecule has 3 fully saturated rings. The molecule has 6 rings (SSSR count). The summed E-state index contributed by atoms with van der Waals surface area (Å²) in [5.74, 6) is -25.3. The van der Waals surface area contributed by atoms with Gasteiger partial charge in [-0.05, 0) is 38.4 Å². The molecule has 3 atom stereocenters. The van der Waals surface area contributed by atoms with Gasteiger partial charge in [0.15, 0.2) is 34.9 Å². The Kier molecular flexibility index (Phi) is 6.20. The number of hydrogen-bond donors (Lipinski definition) is 0. The molecule has 216 valence electrons. The summed E-state index contributed by atoms with van der Waals surface area (Å²) in [6.07, 6.45) is 0.431. The predicted octanol–water partition coefficient (Wildman–Crippen LogP) is 5.65. The zero-order chi connectivity index (χ0) is 28.9. The van der Waals surface area contributed by atoms with Crippen molar-refractivity contribution in [3.63, 3.8) is 0 Å². The van der Waals surface area contributed by atoms with Crippen molar-refractivity contribution >= 4 is 17.2 Å². The fraction of sp³-hybridized carbons (Fsp3) is 0.481. The predicted molar refractivity (Wildman–Crippen MR) is 125 cm³/mol. The molecule has 0 radical (unpaired) electrons. The maximum Gasteiger partial charge on any atom is 0.288 e. The summed E-state index contributed by atoms with van der Waals surface area (Å²) >= 11 is 0. The summed E-state index contributed by atoms with van der Waals surface area (Å²) in [7, 11) is 0. The SMILES string of the molecule is CC1=C[C@@H]2[B-](c3c(F)c(F)c(F)c(F)c3F)(c3c(F)c(F)c(F)c(F)c3F)[N+]3(CCOCC3)[C@@]23CCCC[C@H]3C1. The van der Waals surface area contributed by atoms with Gasteiger partial charge in [-0.15, -0.1) is 6.08 Å². The number of allylic oxidation sites excluding steroid dienone is 1. The van der Waals surface area contributed by atoms with Gasteiger partial charge < -0.3 is 9.13 Å². The fourth-order valence-corrected chi connectivity index (χ4v) is 9.43. The van der Waals surface area contributed by atoms with E-state index in [1.54, 1.807) is 6.92 Å². The van der Waals surface area contributed by atoms with Crippen molar-refractivity contribution < 1.29 is 53.0 Å². The first-order valence-electron chi connectivity index (χ1n) is 13.2. The Bertz CT molecular complexity index is 1340. The Balaban J connectivity index is 1.86. The molecule has 2 nitrogen and oxygen atoms in total. The molecule has 0 N–H and O–H groups in total. The van der Waals surface area contributed by atoms with Gasteiger partial charge in [0.05, 0.1) is 26.3 Å². The number of benzene rings is 2. The van der Waals surface area contributed by atoms with Crippen molar-refractivity contribution in [1.29, 1.82) is 0 Å². The second-order valence-corrected chi connectivity index (χ2v) is 11.6. The molecule has 4 aliphatic rings. The van der Waals surface area contributed by atoms with Gasteiger partial charge in [-0.3, -0.25) is 0 Å². The lowest BCUT2D eigenvalue weighted by Crippen LogP contribution is -3.02. The van der Waals surface area contributed by atoms with E-state index in [2.05, 4.69) is 0 Å². The van der Waals surface area contributed by atoms with Crippen LogP contribution in [0.5, 0.6) is 0 Å². The molecule has 0 amide bonds. The first kappa shape index (κ1) is 27.6. The lowest BCUT2D eigenvalue weighted by molar-refractivity contribution is -0.927. The molecule has 0 bridgehead atoms. The molecule has 2 spiro atoms. The standard InChI is InChI=1S/C27H24BF10NO/c1-12-10-13-4-2-3-5-27(13)14(11-12)28(39(27)6-8-40-9-7-39,15-17(29)21(33)25(37)22(34)18(15)30)16-19(31)23(35)26(38)24(36)20(16)32/h11,13-14H,2-10H2,1H3/t13-,14-,27+/m0/s1. The van der Waals surface area contributed by atoms with Gasteiger partial charge in [-0.2, -0.15) is 0 Å². The van der Waals surface area contributed by atoms with Crippen LogP contribution >= 0.6 is 0 Å². The van der Waals surface area contributed by atoms with Crippen molar-refractivity contribution in [2.24, 2.45) is 5.92 Å². The maximum absolute atomic E-state index is 15.9. The lowest BCUT2D eigenvalue weighted by atomic mass is 9.07. The van der Waals surface area contributed by atoms with Crippen LogP contribution in [0.15, 0.2) is 11.6 Å². The quantitative estimate of drug-likeness (QED) is 0.147. The summed E-state index contributed by atoms with van der Waals surface area (Å²) in [5, 5.41) is 0. The topological polar surface area (TPSA) is 9.23 Å². The average molecular weight is 579 g/mol. The maximum atomic E-state index is 15.9. The minimum atomic E-state index is -3.94. The van der Waals surface area contributed by atoms with E-state index in [0.717, 1.165) is 6.42 Å². The molecule has 40 heavy (non-hydrogen) atoms. The van der Waals surface area contributed by atoms with Crippen LogP contribution in [-0.4, -0.2) is 42.5 Å². The number of halogens is 10. The normalized spacial score (nSPS) is 28.5. The molecule has 0 aromatic heterocycles. The highest BCUT2D eigenvalue weighted by Crippen LogP contribution is 2.69. The zero-order valence-electron chi connectivity index (χ0n) is 21.3. The van der Waals surface area contributed by atoms with E-state index in [9.17, 15) is 26.3 Å². The second kappa shape index (κ2) is 8.98. The van der Waals surface area contributed by atoms with Crippen LogP contribution in [-0.2, 0) is 4.74 Å². The highest BCUT2D eigenvalue weighted by Gasteiger charge is 2.80. The number of morpholine rings is 1. The molecular formula is C27H24BF10NO. The van der Waals surface area contributed by atoms with Crippen molar-refractivity contribution in [2.45, 2.75) is 50.4 Å². The summed E-state index contributed by atoms with van der Waals surface area (Å²) in [6.45, 7) is 1.08. The summed E-state index contributed by atoms with van der Waals surface area (Å²) in [6, 6.07) is 0. The van der Waals surface area contributed by atoms with Gasteiger partial charge in [0.2, 0.25) is 0 Å². The third kappa shape index (κ3) is 2.95. The van der Waals surface area contributed by atoms with Crippen LogP contribution in [0.25, 0.3) is 0 Å². The Morgan fingerprint density at radius 1 is 0.700 bits per heavy atom. The molecule has 2 aliphatic carbocycles. The fourth-order valence-electron chi connectivity index (χ4n) is 9.43.